The fourth-order valence-electron chi connectivity index (χ4n) is 4.35. The van der Waals surface area contributed by atoms with Gasteiger partial charge in [-0.1, -0.05) is 29.9 Å². The van der Waals surface area contributed by atoms with Gasteiger partial charge in [0.2, 0.25) is 0 Å². The second-order valence-corrected chi connectivity index (χ2v) is 10.2. The van der Waals surface area contributed by atoms with Gasteiger partial charge in [-0.3, -0.25) is 9.59 Å². The van der Waals surface area contributed by atoms with Gasteiger partial charge in [0.15, 0.2) is 21.8 Å². The summed E-state index contributed by atoms with van der Waals surface area (Å²) in [4.78, 5) is 54.8. The van der Waals surface area contributed by atoms with Gasteiger partial charge in [0.25, 0.3) is 11.8 Å². The molecule has 2 saturated heterocycles. The van der Waals surface area contributed by atoms with Crippen molar-refractivity contribution in [2.45, 2.75) is 31.9 Å². The van der Waals surface area contributed by atoms with Crippen molar-refractivity contribution in [1.29, 1.82) is 0 Å². The first kappa shape index (κ1) is 26.3. The van der Waals surface area contributed by atoms with Crippen LogP contribution in [0, 0.1) is 0 Å². The molecule has 2 aliphatic rings. The lowest BCUT2D eigenvalue weighted by Gasteiger charge is -2.37. The van der Waals surface area contributed by atoms with E-state index in [1.807, 2.05) is 18.9 Å². The summed E-state index contributed by atoms with van der Waals surface area (Å²) in [6.45, 7) is 5.29. The lowest BCUT2D eigenvalue weighted by molar-refractivity contribution is 0.0538. The van der Waals surface area contributed by atoms with Crippen LogP contribution in [0.4, 0.5) is 5.13 Å². The molecule has 0 bridgehead atoms. The summed E-state index contributed by atoms with van der Waals surface area (Å²) in [5.74, 6) is -1.77. The molecule has 0 aromatic carbocycles. The predicted molar refractivity (Wildman–Crippen MR) is 134 cm³/mol. The number of nitrogens with zero attached hydrogens (tertiary/aromatic N) is 5. The largest absolute Gasteiger partial charge is 0.477 e. The number of aryl methyl sites for hydroxylation is 1. The average molecular weight is 540 g/mol. The van der Waals surface area contributed by atoms with Crippen LogP contribution < -0.4 is 10.2 Å². The van der Waals surface area contributed by atoms with Gasteiger partial charge >= 0.3 is 5.97 Å². The number of halogens is 1. The van der Waals surface area contributed by atoms with Crippen molar-refractivity contribution in [2.24, 2.45) is 0 Å². The highest BCUT2D eigenvalue weighted by atomic mass is 35.5. The SMILES string of the molecule is CCc1[nH]c(C(=O)N[C@H]2CCN(c3nc(C(=O)N4CCN(C)CC4)c(C(=O)O)s3)C[C@H]2OC)nc1Cl. The number of nitrogens with one attached hydrogen (secondary N) is 2. The molecule has 2 aliphatic heterocycles. The smallest absolute Gasteiger partial charge is 0.348 e. The third-order valence-electron chi connectivity index (χ3n) is 6.55. The third-order valence-corrected chi connectivity index (χ3v) is 7.97. The number of carbonyl (C=O) groups excluding carboxylic acids is 2. The zero-order chi connectivity index (χ0) is 26.0. The van der Waals surface area contributed by atoms with E-state index in [1.54, 1.807) is 12.0 Å². The van der Waals surface area contributed by atoms with E-state index in [4.69, 9.17) is 16.3 Å². The van der Waals surface area contributed by atoms with Crippen molar-refractivity contribution in [3.8, 4) is 0 Å². The van der Waals surface area contributed by atoms with Crippen molar-refractivity contribution >= 4 is 45.9 Å². The number of ether oxygens (including phenoxy) is 1. The van der Waals surface area contributed by atoms with Crippen LogP contribution in [0.25, 0.3) is 0 Å². The number of carboxylic acids is 1. The Hall–Kier alpha value is -2.74. The lowest BCUT2D eigenvalue weighted by atomic mass is 10.0. The Labute approximate surface area is 217 Å². The second-order valence-electron chi connectivity index (χ2n) is 8.87. The van der Waals surface area contributed by atoms with Gasteiger partial charge in [-0.05, 0) is 19.9 Å². The summed E-state index contributed by atoms with van der Waals surface area (Å²) in [5.41, 5.74) is 0.665. The maximum Gasteiger partial charge on any atom is 0.348 e. The van der Waals surface area contributed by atoms with Gasteiger partial charge in [-0.25, -0.2) is 14.8 Å². The standard InChI is InChI=1S/C22H30ClN7O5S/c1-4-12-17(23)27-18(24-12)19(31)25-13-5-6-30(11-14(13)35-3)22-26-15(16(36-22)21(33)34)20(32)29-9-7-28(2)8-10-29/h13-14H,4-11H2,1-3H3,(H,24,27)(H,25,31)(H,33,34)/t13-,14+/m0/s1. The Morgan fingerprint density at radius 2 is 1.94 bits per heavy atom. The zero-order valence-corrected chi connectivity index (χ0v) is 22.0. The second kappa shape index (κ2) is 11.1. The van der Waals surface area contributed by atoms with Crippen LogP contribution in [0.15, 0.2) is 0 Å². The van der Waals surface area contributed by atoms with Gasteiger partial charge < -0.3 is 34.8 Å². The first-order valence-electron chi connectivity index (χ1n) is 11.8. The number of carbonyl (C=O) groups is 3. The maximum absolute atomic E-state index is 13.1. The number of hydrogen-bond donors (Lipinski definition) is 3. The number of anilines is 1. The number of carboxylic acid groups (broad SMARTS) is 1. The predicted octanol–water partition coefficient (Wildman–Crippen LogP) is 1.19. The minimum atomic E-state index is -1.18. The Kier molecular flexibility index (Phi) is 8.13. The number of thiazole rings is 1. The number of imidazole rings is 1. The molecule has 4 heterocycles. The van der Waals surface area contributed by atoms with Crippen molar-refractivity contribution < 1.29 is 24.2 Å². The van der Waals surface area contributed by atoms with Crippen LogP contribution in [0.1, 0.15) is 49.8 Å². The Morgan fingerprint density at radius 3 is 2.56 bits per heavy atom. The molecule has 2 aromatic heterocycles. The highest BCUT2D eigenvalue weighted by Crippen LogP contribution is 2.30. The van der Waals surface area contributed by atoms with E-state index in [0.717, 1.165) is 24.4 Å². The van der Waals surface area contributed by atoms with Crippen LogP contribution in [-0.4, -0.2) is 113 Å². The molecule has 0 aliphatic carbocycles. The molecule has 2 atom stereocenters. The number of methoxy groups -OCH3 is 1. The summed E-state index contributed by atoms with van der Waals surface area (Å²) in [5, 5.41) is 13.4. The van der Waals surface area contributed by atoms with E-state index < -0.39 is 5.97 Å². The van der Waals surface area contributed by atoms with Gasteiger partial charge in [-0.15, -0.1) is 0 Å². The van der Waals surface area contributed by atoms with Crippen molar-refractivity contribution in [3.05, 3.63) is 27.2 Å². The molecule has 2 aromatic rings. The summed E-state index contributed by atoms with van der Waals surface area (Å²) < 4.78 is 5.65. The quantitative estimate of drug-likeness (QED) is 0.472. The molecule has 14 heteroatoms. The van der Waals surface area contributed by atoms with E-state index in [-0.39, 0.29) is 45.5 Å². The van der Waals surface area contributed by atoms with E-state index in [9.17, 15) is 19.5 Å². The molecule has 36 heavy (non-hydrogen) atoms. The zero-order valence-electron chi connectivity index (χ0n) is 20.4. The fourth-order valence-corrected chi connectivity index (χ4v) is 5.55. The number of hydrogen-bond acceptors (Lipinski definition) is 9. The maximum atomic E-state index is 13.1. The van der Waals surface area contributed by atoms with Crippen LogP contribution in [0.5, 0.6) is 0 Å². The van der Waals surface area contributed by atoms with Crippen molar-refractivity contribution in [1.82, 2.24) is 30.1 Å². The molecule has 3 N–H and O–H groups in total. The monoisotopic (exact) mass is 539 g/mol. The third kappa shape index (κ3) is 5.48. The number of rotatable bonds is 7. The molecule has 0 unspecified atom stereocenters. The van der Waals surface area contributed by atoms with Gasteiger partial charge in [0.05, 0.1) is 17.8 Å². The van der Waals surface area contributed by atoms with Crippen molar-refractivity contribution in [2.75, 3.05) is 58.3 Å². The first-order chi connectivity index (χ1) is 17.2. The number of likely N-dealkylation sites (N-methyl/N-ethyl adjacent to an activating group) is 1. The number of piperazine rings is 1. The van der Waals surface area contributed by atoms with E-state index in [0.29, 0.717) is 49.8 Å². The molecule has 12 nitrogen and oxygen atoms in total. The number of H-pyrrole nitrogens is 1. The normalized spacial score (nSPS) is 21.0. The summed E-state index contributed by atoms with van der Waals surface area (Å²) >= 11 is 7.04. The first-order valence-corrected chi connectivity index (χ1v) is 13.0. The molecular formula is C22H30ClN7O5S. The molecular weight excluding hydrogens is 510 g/mol. The number of aromatic carboxylic acids is 1. The van der Waals surface area contributed by atoms with E-state index in [2.05, 4.69) is 25.2 Å². The molecule has 2 amide bonds. The Balaban J connectivity index is 1.46. The Bertz CT molecular complexity index is 1130. The van der Waals surface area contributed by atoms with Crippen LogP contribution in [0.3, 0.4) is 0 Å². The average Bonchev–Trinajstić information content (AvgIpc) is 3.48. The van der Waals surface area contributed by atoms with Gasteiger partial charge in [-0.2, -0.15) is 0 Å². The van der Waals surface area contributed by atoms with E-state index >= 15 is 0 Å². The molecule has 4 rings (SSSR count). The van der Waals surface area contributed by atoms with Crippen LogP contribution >= 0.6 is 22.9 Å². The summed E-state index contributed by atoms with van der Waals surface area (Å²) in [6.07, 6.45) is 0.778. The number of amides is 2. The van der Waals surface area contributed by atoms with Crippen molar-refractivity contribution in [3.63, 3.8) is 0 Å². The highest BCUT2D eigenvalue weighted by molar-refractivity contribution is 7.17. The highest BCUT2D eigenvalue weighted by Gasteiger charge is 2.35. The number of aromatic amines is 1. The topological polar surface area (TPSA) is 144 Å². The summed E-state index contributed by atoms with van der Waals surface area (Å²) in [6, 6.07) is -0.293. The van der Waals surface area contributed by atoms with Gasteiger partial charge in [0, 0.05) is 46.4 Å². The lowest BCUT2D eigenvalue weighted by Crippen LogP contribution is -2.55. The van der Waals surface area contributed by atoms with Gasteiger partial charge in [0.1, 0.15) is 4.88 Å². The minimum Gasteiger partial charge on any atom is -0.477 e. The minimum absolute atomic E-state index is 0.0297. The molecule has 0 spiro atoms. The molecule has 0 radical (unpaired) electrons. The number of piperidine rings is 1. The molecule has 0 saturated carbocycles. The number of aromatic nitrogens is 3. The molecule has 196 valence electrons. The molecule has 2 fully saturated rings. The van der Waals surface area contributed by atoms with Crippen LogP contribution in [0.2, 0.25) is 5.15 Å². The Morgan fingerprint density at radius 1 is 1.22 bits per heavy atom. The van der Waals surface area contributed by atoms with Crippen LogP contribution in [-0.2, 0) is 11.2 Å². The van der Waals surface area contributed by atoms with E-state index in [1.165, 1.54) is 0 Å². The fraction of sp³-hybridized carbons (Fsp3) is 0.591. The summed E-state index contributed by atoms with van der Waals surface area (Å²) in [7, 11) is 3.54.